The van der Waals surface area contributed by atoms with Gasteiger partial charge < -0.3 is 4.74 Å². The molecule has 2 aliphatic heterocycles. The lowest BCUT2D eigenvalue weighted by Crippen LogP contribution is -2.57. The minimum Gasteiger partial charge on any atom is -0.351 e. The number of anilines is 1. The van der Waals surface area contributed by atoms with Crippen molar-refractivity contribution < 1.29 is 9.53 Å². The maximum atomic E-state index is 12.1. The molecule has 1 amide bonds. The molecule has 1 aromatic carbocycles. The summed E-state index contributed by atoms with van der Waals surface area (Å²) in [7, 11) is 0. The lowest BCUT2D eigenvalue weighted by molar-refractivity contribution is -0.133. The smallest absolute Gasteiger partial charge is 0.229 e. The molecule has 1 atom stereocenters. The summed E-state index contributed by atoms with van der Waals surface area (Å²) in [5.41, 5.74) is 2.93. The average Bonchev–Trinajstić information content (AvgIpc) is 2.28. The van der Waals surface area contributed by atoms with Crippen LogP contribution >= 0.6 is 0 Å². The number of piperidine rings is 1. The van der Waals surface area contributed by atoms with Crippen LogP contribution in [0.4, 0.5) is 5.69 Å². The number of hydrogen-bond donors (Lipinski definition) is 0. The maximum absolute atomic E-state index is 12.1. The molecular formula is C14H17NO2. The molecule has 0 bridgehead atoms. The summed E-state index contributed by atoms with van der Waals surface area (Å²) in [5, 5.41) is 0. The molecule has 90 valence electrons. The molecule has 1 unspecified atom stereocenters. The predicted molar refractivity (Wildman–Crippen MR) is 65.7 cm³/mol. The number of nitrogens with zero attached hydrogens (tertiary/aromatic N) is 1. The Kier molecular flexibility index (Phi) is 2.26. The van der Waals surface area contributed by atoms with Crippen molar-refractivity contribution in [3.05, 3.63) is 29.3 Å². The van der Waals surface area contributed by atoms with Crippen molar-refractivity contribution >= 4 is 11.6 Å². The van der Waals surface area contributed by atoms with Gasteiger partial charge >= 0.3 is 0 Å². The summed E-state index contributed by atoms with van der Waals surface area (Å²) in [5.74, 6) is 0.184. The summed E-state index contributed by atoms with van der Waals surface area (Å²) in [4.78, 5) is 14.0. The Morgan fingerprint density at radius 3 is 3.06 bits per heavy atom. The van der Waals surface area contributed by atoms with Crippen LogP contribution in [0.25, 0.3) is 0 Å². The van der Waals surface area contributed by atoms with Gasteiger partial charge in [0.05, 0.1) is 12.3 Å². The fourth-order valence-electron chi connectivity index (χ4n) is 2.86. The normalized spacial score (nSPS) is 27.6. The zero-order valence-corrected chi connectivity index (χ0v) is 10.3. The van der Waals surface area contributed by atoms with Crippen molar-refractivity contribution in [3.8, 4) is 0 Å². The van der Waals surface area contributed by atoms with Gasteiger partial charge in [0.25, 0.3) is 0 Å². The van der Waals surface area contributed by atoms with Gasteiger partial charge in [-0.2, -0.15) is 0 Å². The van der Waals surface area contributed by atoms with Crippen LogP contribution in [0.2, 0.25) is 0 Å². The Balaban J connectivity index is 2.12. The highest BCUT2D eigenvalue weighted by Crippen LogP contribution is 2.41. The summed E-state index contributed by atoms with van der Waals surface area (Å²) < 4.78 is 5.93. The van der Waals surface area contributed by atoms with Crippen LogP contribution in [-0.4, -0.2) is 11.6 Å². The third-order valence-electron chi connectivity index (χ3n) is 3.77. The topological polar surface area (TPSA) is 29.5 Å². The quantitative estimate of drug-likeness (QED) is 0.687. The van der Waals surface area contributed by atoms with Crippen molar-refractivity contribution in [3.63, 3.8) is 0 Å². The van der Waals surface area contributed by atoms with E-state index in [1.54, 1.807) is 0 Å². The van der Waals surface area contributed by atoms with Gasteiger partial charge in [0.15, 0.2) is 0 Å². The molecular weight excluding hydrogens is 214 g/mol. The minimum absolute atomic E-state index is 0.184. The first kappa shape index (κ1) is 10.8. The SMILES string of the molecule is Cc1ccc2c(c1)COC1(C)CCCC(=O)N21. The molecule has 17 heavy (non-hydrogen) atoms. The van der Waals surface area contributed by atoms with E-state index in [1.165, 1.54) is 5.56 Å². The molecule has 3 nitrogen and oxygen atoms in total. The van der Waals surface area contributed by atoms with Crippen LogP contribution in [0.1, 0.15) is 37.3 Å². The highest BCUT2D eigenvalue weighted by atomic mass is 16.5. The van der Waals surface area contributed by atoms with Gasteiger partial charge in [-0.05, 0) is 32.8 Å². The number of rotatable bonds is 0. The molecule has 1 aromatic rings. The molecule has 3 heteroatoms. The van der Waals surface area contributed by atoms with Crippen molar-refractivity contribution in [2.45, 2.75) is 45.4 Å². The second kappa shape index (κ2) is 3.57. The number of hydrogen-bond acceptors (Lipinski definition) is 2. The van der Waals surface area contributed by atoms with Gasteiger partial charge in [0.2, 0.25) is 5.91 Å². The molecule has 0 spiro atoms. The summed E-state index contributed by atoms with van der Waals surface area (Å²) in [6.07, 6.45) is 2.48. The molecule has 2 heterocycles. The van der Waals surface area contributed by atoms with Crippen LogP contribution < -0.4 is 4.90 Å². The molecule has 0 aliphatic carbocycles. The van der Waals surface area contributed by atoms with E-state index in [9.17, 15) is 4.79 Å². The zero-order chi connectivity index (χ0) is 12.0. The average molecular weight is 231 g/mol. The molecule has 1 saturated heterocycles. The van der Waals surface area contributed by atoms with Crippen molar-refractivity contribution in [1.82, 2.24) is 0 Å². The summed E-state index contributed by atoms with van der Waals surface area (Å²) in [6, 6.07) is 6.22. The summed E-state index contributed by atoms with van der Waals surface area (Å²) >= 11 is 0. The highest BCUT2D eigenvalue weighted by molar-refractivity contribution is 5.96. The van der Waals surface area contributed by atoms with E-state index >= 15 is 0 Å². The van der Waals surface area contributed by atoms with E-state index in [0.717, 1.165) is 24.1 Å². The van der Waals surface area contributed by atoms with Gasteiger partial charge in [-0.1, -0.05) is 17.7 Å². The third-order valence-corrected chi connectivity index (χ3v) is 3.77. The second-order valence-electron chi connectivity index (χ2n) is 5.18. The highest BCUT2D eigenvalue weighted by Gasteiger charge is 2.43. The Morgan fingerprint density at radius 2 is 2.24 bits per heavy atom. The first-order valence-corrected chi connectivity index (χ1v) is 6.17. The zero-order valence-electron chi connectivity index (χ0n) is 10.3. The number of benzene rings is 1. The number of amides is 1. The van der Waals surface area contributed by atoms with Crippen molar-refractivity contribution in [2.75, 3.05) is 4.90 Å². The van der Waals surface area contributed by atoms with Gasteiger partial charge in [0.1, 0.15) is 5.72 Å². The Hall–Kier alpha value is -1.35. The van der Waals surface area contributed by atoms with Crippen LogP contribution in [0, 0.1) is 6.92 Å². The van der Waals surface area contributed by atoms with E-state index in [0.29, 0.717) is 13.0 Å². The van der Waals surface area contributed by atoms with Gasteiger partial charge in [-0.15, -0.1) is 0 Å². The van der Waals surface area contributed by atoms with E-state index in [4.69, 9.17) is 4.74 Å². The number of carbonyl (C=O) groups is 1. The first-order valence-electron chi connectivity index (χ1n) is 6.17. The van der Waals surface area contributed by atoms with Crippen LogP contribution in [-0.2, 0) is 16.1 Å². The van der Waals surface area contributed by atoms with Crippen LogP contribution in [0.15, 0.2) is 18.2 Å². The maximum Gasteiger partial charge on any atom is 0.229 e. The molecule has 0 N–H and O–H groups in total. The Morgan fingerprint density at radius 1 is 1.41 bits per heavy atom. The van der Waals surface area contributed by atoms with Crippen LogP contribution in [0.3, 0.4) is 0 Å². The Labute approximate surface area is 101 Å². The Bertz CT molecular complexity index is 483. The first-order chi connectivity index (χ1) is 8.10. The molecule has 0 saturated carbocycles. The monoisotopic (exact) mass is 231 g/mol. The number of ether oxygens (including phenoxy) is 1. The minimum atomic E-state index is -0.433. The van der Waals surface area contributed by atoms with E-state index in [1.807, 2.05) is 11.8 Å². The molecule has 1 fully saturated rings. The molecule has 3 rings (SSSR count). The van der Waals surface area contributed by atoms with E-state index in [-0.39, 0.29) is 5.91 Å². The lowest BCUT2D eigenvalue weighted by atomic mass is 9.94. The molecule has 2 aliphatic rings. The van der Waals surface area contributed by atoms with Gasteiger partial charge in [-0.25, -0.2) is 0 Å². The van der Waals surface area contributed by atoms with Crippen LogP contribution in [0.5, 0.6) is 0 Å². The number of carbonyl (C=O) groups excluding carboxylic acids is 1. The fraction of sp³-hybridized carbons (Fsp3) is 0.500. The number of fused-ring (bicyclic) bond motifs is 3. The largest absolute Gasteiger partial charge is 0.351 e. The molecule has 0 radical (unpaired) electrons. The number of aryl methyl sites for hydroxylation is 1. The lowest BCUT2D eigenvalue weighted by Gasteiger charge is -2.48. The summed E-state index contributed by atoms with van der Waals surface area (Å²) in [6.45, 7) is 4.69. The molecule has 0 aromatic heterocycles. The fourth-order valence-corrected chi connectivity index (χ4v) is 2.86. The van der Waals surface area contributed by atoms with Gasteiger partial charge in [0, 0.05) is 12.0 Å². The predicted octanol–water partition coefficient (Wildman–Crippen LogP) is 2.76. The van der Waals surface area contributed by atoms with E-state index < -0.39 is 5.72 Å². The second-order valence-corrected chi connectivity index (χ2v) is 5.18. The third kappa shape index (κ3) is 1.57. The standard InChI is InChI=1S/C14H17NO2/c1-10-5-6-12-11(8-10)9-17-14(2)7-3-4-13(16)15(12)14/h5-6,8H,3-4,7,9H2,1-2H3. The van der Waals surface area contributed by atoms with E-state index in [2.05, 4.69) is 25.1 Å². The van der Waals surface area contributed by atoms with Crippen molar-refractivity contribution in [2.24, 2.45) is 0 Å². The van der Waals surface area contributed by atoms with Crippen molar-refractivity contribution in [1.29, 1.82) is 0 Å². The van der Waals surface area contributed by atoms with Gasteiger partial charge in [-0.3, -0.25) is 9.69 Å².